The Morgan fingerprint density at radius 3 is 2.32 bits per heavy atom. The van der Waals surface area contributed by atoms with E-state index in [4.69, 9.17) is 11.6 Å². The first kappa shape index (κ1) is 25.0. The minimum atomic E-state index is -0.501. The van der Waals surface area contributed by atoms with E-state index in [1.165, 1.54) is 18.2 Å². The van der Waals surface area contributed by atoms with Crippen molar-refractivity contribution in [3.05, 3.63) is 109 Å². The van der Waals surface area contributed by atoms with Crippen LogP contribution in [-0.2, 0) is 0 Å². The van der Waals surface area contributed by atoms with Crippen LogP contribution in [0.2, 0.25) is 5.02 Å². The van der Waals surface area contributed by atoms with Crippen LogP contribution in [0.5, 0.6) is 0 Å². The summed E-state index contributed by atoms with van der Waals surface area (Å²) < 4.78 is 0. The molecule has 2 N–H and O–H groups in total. The Balaban J connectivity index is 1.29. The smallest absolute Gasteiger partial charge is 0.274 e. The number of amides is 1. The van der Waals surface area contributed by atoms with Gasteiger partial charge in [0.05, 0.1) is 16.0 Å². The summed E-state index contributed by atoms with van der Waals surface area (Å²) in [7, 11) is 0. The van der Waals surface area contributed by atoms with Crippen molar-refractivity contribution < 1.29 is 14.8 Å². The molecule has 0 spiro atoms. The van der Waals surface area contributed by atoms with Crippen molar-refractivity contribution in [2.75, 3.05) is 31.1 Å². The minimum Gasteiger partial charge on any atom is -0.507 e. The average molecular weight is 532 g/mol. The van der Waals surface area contributed by atoms with E-state index in [1.807, 2.05) is 0 Å². The number of nitro benzene ring substituents is 1. The largest absolute Gasteiger partial charge is 0.507 e. The molecule has 5 rings (SSSR count). The Bertz CT molecular complexity index is 1610. The second kappa shape index (κ2) is 10.3. The minimum absolute atomic E-state index is 0.0337. The first-order chi connectivity index (χ1) is 18.3. The van der Waals surface area contributed by atoms with Crippen molar-refractivity contribution >= 4 is 51.8 Å². The second-order valence-corrected chi connectivity index (χ2v) is 9.21. The number of aromatic nitrogens is 2. The van der Waals surface area contributed by atoms with Gasteiger partial charge in [0.25, 0.3) is 17.2 Å². The van der Waals surface area contributed by atoms with Gasteiger partial charge in [0.1, 0.15) is 11.5 Å². The Morgan fingerprint density at radius 2 is 1.66 bits per heavy atom. The number of fused-ring (bicyclic) bond motifs is 1. The number of nitrogens with zero attached hydrogens (tertiary/aromatic N) is 4. The summed E-state index contributed by atoms with van der Waals surface area (Å²) in [6, 6.07) is 17.8. The van der Waals surface area contributed by atoms with Gasteiger partial charge >= 0.3 is 0 Å². The van der Waals surface area contributed by atoms with Crippen LogP contribution >= 0.6 is 11.6 Å². The normalized spacial score (nSPS) is 14.1. The Morgan fingerprint density at radius 1 is 1.00 bits per heavy atom. The lowest BCUT2D eigenvalue weighted by Crippen LogP contribution is -2.48. The van der Waals surface area contributed by atoms with Crippen LogP contribution < -0.4 is 10.5 Å². The van der Waals surface area contributed by atoms with E-state index in [2.05, 4.69) is 14.9 Å². The molecule has 192 valence electrons. The van der Waals surface area contributed by atoms with Crippen LogP contribution in [0.25, 0.3) is 22.9 Å². The molecule has 3 aromatic carbocycles. The van der Waals surface area contributed by atoms with Gasteiger partial charge in [-0.1, -0.05) is 11.6 Å². The van der Waals surface area contributed by atoms with Gasteiger partial charge in [0.15, 0.2) is 0 Å². The maximum absolute atomic E-state index is 13.2. The maximum atomic E-state index is 13.2. The summed E-state index contributed by atoms with van der Waals surface area (Å²) in [5.41, 5.74) is 2.23. The van der Waals surface area contributed by atoms with Crippen molar-refractivity contribution in [3.8, 4) is 0 Å². The van der Waals surface area contributed by atoms with Crippen molar-refractivity contribution in [1.82, 2.24) is 14.9 Å². The van der Waals surface area contributed by atoms with E-state index in [0.717, 1.165) is 5.69 Å². The van der Waals surface area contributed by atoms with Crippen molar-refractivity contribution in [2.45, 2.75) is 0 Å². The van der Waals surface area contributed by atoms with Gasteiger partial charge in [-0.3, -0.25) is 19.7 Å². The van der Waals surface area contributed by atoms with E-state index in [1.54, 1.807) is 59.5 Å². The number of benzene rings is 3. The lowest BCUT2D eigenvalue weighted by Gasteiger charge is -2.36. The average Bonchev–Trinajstić information content (AvgIpc) is 2.93. The number of hydrogen-bond acceptors (Lipinski definition) is 7. The van der Waals surface area contributed by atoms with Gasteiger partial charge < -0.3 is 19.9 Å². The molecule has 0 unspecified atom stereocenters. The molecule has 0 aliphatic carbocycles. The molecule has 4 aromatic rings. The standard InChI is InChI=1S/C27H22ClN5O5/c28-19-4-1-17(2-5-19)25(34)16-24-26(35)30-23-15-18(3-10-22(23)29-24)27(36)32-13-11-31(12-14-32)20-6-8-21(9-7-20)33(37)38/h1-10,15-16,34H,11-14H2,(H,30,35). The number of aliphatic hydroxyl groups excluding tert-OH is 1. The maximum Gasteiger partial charge on any atom is 0.274 e. The van der Waals surface area contributed by atoms with E-state index < -0.39 is 10.5 Å². The highest BCUT2D eigenvalue weighted by atomic mass is 35.5. The first-order valence-corrected chi connectivity index (χ1v) is 12.2. The van der Waals surface area contributed by atoms with Crippen LogP contribution in [0.3, 0.4) is 0 Å². The molecule has 1 aliphatic rings. The van der Waals surface area contributed by atoms with E-state index in [9.17, 15) is 24.8 Å². The van der Waals surface area contributed by atoms with Crippen LogP contribution in [-0.4, -0.2) is 57.0 Å². The molecule has 38 heavy (non-hydrogen) atoms. The fourth-order valence-electron chi connectivity index (χ4n) is 4.30. The molecule has 1 saturated heterocycles. The number of hydrogen-bond donors (Lipinski definition) is 2. The third-order valence-corrected chi connectivity index (χ3v) is 6.62. The molecular formula is C27H22ClN5O5. The van der Waals surface area contributed by atoms with Gasteiger partial charge in [0, 0.05) is 66.2 Å². The predicted molar refractivity (Wildman–Crippen MR) is 146 cm³/mol. The number of carbonyl (C=O) groups is 1. The van der Waals surface area contributed by atoms with E-state index in [-0.39, 0.29) is 23.0 Å². The Kier molecular flexibility index (Phi) is 6.80. The number of aliphatic hydroxyl groups is 1. The summed E-state index contributed by atoms with van der Waals surface area (Å²) in [4.78, 5) is 47.1. The Labute approximate surface area is 221 Å². The highest BCUT2D eigenvalue weighted by molar-refractivity contribution is 6.30. The molecule has 1 aromatic heterocycles. The molecule has 1 fully saturated rings. The van der Waals surface area contributed by atoms with E-state index >= 15 is 0 Å². The number of halogens is 1. The van der Waals surface area contributed by atoms with Gasteiger partial charge in [-0.15, -0.1) is 0 Å². The molecular weight excluding hydrogens is 510 g/mol. The van der Waals surface area contributed by atoms with Crippen molar-refractivity contribution in [3.63, 3.8) is 0 Å². The zero-order valence-corrected chi connectivity index (χ0v) is 20.8. The summed E-state index contributed by atoms with van der Waals surface area (Å²) in [6.07, 6.45) is 1.28. The molecule has 1 aliphatic heterocycles. The number of nitrogens with one attached hydrogen (secondary N) is 1. The summed E-state index contributed by atoms with van der Waals surface area (Å²) in [6.45, 7) is 2.14. The SMILES string of the molecule is O=C(c1ccc2nc(C=C(O)c3ccc(Cl)cc3)c(=O)[nH]c2c1)N1CCN(c2ccc([N+](=O)[O-])cc2)CC1. The second-order valence-electron chi connectivity index (χ2n) is 8.77. The Hall–Kier alpha value is -4.70. The topological polar surface area (TPSA) is 133 Å². The first-order valence-electron chi connectivity index (χ1n) is 11.8. The molecule has 1 amide bonds. The molecule has 10 nitrogen and oxygen atoms in total. The van der Waals surface area contributed by atoms with Crippen LogP contribution in [0.15, 0.2) is 71.5 Å². The summed E-state index contributed by atoms with van der Waals surface area (Å²) >= 11 is 5.88. The fourth-order valence-corrected chi connectivity index (χ4v) is 4.43. The lowest BCUT2D eigenvalue weighted by atomic mass is 10.1. The number of aromatic amines is 1. The van der Waals surface area contributed by atoms with Crippen LogP contribution in [0.1, 0.15) is 21.6 Å². The summed E-state index contributed by atoms with van der Waals surface area (Å²) in [5, 5.41) is 21.8. The van der Waals surface area contributed by atoms with Crippen LogP contribution in [0.4, 0.5) is 11.4 Å². The molecule has 0 atom stereocenters. The predicted octanol–water partition coefficient (Wildman–Crippen LogP) is 4.50. The third-order valence-electron chi connectivity index (χ3n) is 6.37. The van der Waals surface area contributed by atoms with Gasteiger partial charge in [0.2, 0.25) is 0 Å². The zero-order valence-electron chi connectivity index (χ0n) is 20.0. The quantitative estimate of drug-likeness (QED) is 0.220. The van der Waals surface area contributed by atoms with Crippen LogP contribution in [0, 0.1) is 10.1 Å². The number of rotatable bonds is 5. The lowest BCUT2D eigenvalue weighted by molar-refractivity contribution is -0.384. The van der Waals surface area contributed by atoms with Crippen molar-refractivity contribution in [1.29, 1.82) is 0 Å². The summed E-state index contributed by atoms with van der Waals surface area (Å²) in [5.74, 6) is -0.292. The number of nitro groups is 1. The van der Waals surface area contributed by atoms with Gasteiger partial charge in [-0.05, 0) is 54.6 Å². The molecule has 11 heteroatoms. The monoisotopic (exact) mass is 531 g/mol. The number of H-pyrrole nitrogens is 1. The molecule has 0 bridgehead atoms. The zero-order chi connectivity index (χ0) is 26.8. The van der Waals surface area contributed by atoms with Gasteiger partial charge in [-0.2, -0.15) is 0 Å². The third kappa shape index (κ3) is 5.21. The fraction of sp³-hybridized carbons (Fsp3) is 0.148. The van der Waals surface area contributed by atoms with E-state index in [0.29, 0.717) is 53.4 Å². The van der Waals surface area contributed by atoms with Gasteiger partial charge in [-0.25, -0.2) is 4.98 Å². The number of anilines is 1. The van der Waals surface area contributed by atoms with Crippen molar-refractivity contribution in [2.24, 2.45) is 0 Å². The number of carbonyl (C=O) groups excluding carboxylic acids is 1. The number of non-ortho nitro benzene ring substituents is 1. The highest BCUT2D eigenvalue weighted by Gasteiger charge is 2.23. The molecule has 0 radical (unpaired) electrons. The molecule has 0 saturated carbocycles. The number of piperazine rings is 1. The highest BCUT2D eigenvalue weighted by Crippen LogP contribution is 2.22. The molecule has 2 heterocycles.